The first kappa shape index (κ1) is 7.85. The van der Waals surface area contributed by atoms with E-state index in [2.05, 4.69) is 20.4 Å². The summed E-state index contributed by atoms with van der Waals surface area (Å²) < 4.78 is 1.75. The summed E-state index contributed by atoms with van der Waals surface area (Å²) in [6.07, 6.45) is 3.51. The van der Waals surface area contributed by atoms with Crippen LogP contribution in [0.1, 0.15) is 5.69 Å². The van der Waals surface area contributed by atoms with Gasteiger partial charge in [0.25, 0.3) is 0 Å². The molecule has 0 atom stereocenters. The molecule has 0 aliphatic carbocycles. The number of H-pyrrole nitrogens is 1. The molecule has 13 heavy (non-hydrogen) atoms. The molecule has 68 valence electrons. The van der Waals surface area contributed by atoms with Crippen molar-refractivity contribution in [1.82, 2.24) is 19.7 Å². The van der Waals surface area contributed by atoms with Gasteiger partial charge in [-0.1, -0.05) is 0 Å². The highest BCUT2D eigenvalue weighted by atomic mass is 15.3. The predicted molar refractivity (Wildman–Crippen MR) is 49.8 cm³/mol. The molecule has 0 fully saturated rings. The van der Waals surface area contributed by atoms with Crippen LogP contribution in [-0.4, -0.2) is 19.7 Å². The van der Waals surface area contributed by atoms with Crippen LogP contribution in [0.2, 0.25) is 0 Å². The first-order valence-electron chi connectivity index (χ1n) is 4.02. The first-order valence-corrected chi connectivity index (χ1v) is 4.02. The average molecular weight is 177 g/mol. The number of aromatic nitrogens is 4. The van der Waals surface area contributed by atoms with E-state index in [1.54, 1.807) is 17.1 Å². The third-order valence-corrected chi connectivity index (χ3v) is 1.77. The van der Waals surface area contributed by atoms with Crippen LogP contribution in [0, 0.1) is 6.92 Å². The molecule has 0 aliphatic heterocycles. The van der Waals surface area contributed by atoms with E-state index < -0.39 is 0 Å². The number of aromatic amines is 1. The molecule has 0 amide bonds. The van der Waals surface area contributed by atoms with Crippen molar-refractivity contribution >= 4 is 11.8 Å². The Kier molecular flexibility index (Phi) is 1.77. The van der Waals surface area contributed by atoms with Gasteiger partial charge in [-0.25, -0.2) is 4.98 Å². The molecule has 2 heterocycles. The quantitative estimate of drug-likeness (QED) is 0.724. The van der Waals surface area contributed by atoms with Gasteiger partial charge in [-0.15, -0.1) is 0 Å². The zero-order chi connectivity index (χ0) is 9.26. The predicted octanol–water partition coefficient (Wildman–Crippen LogP) is 1.20. The molecule has 0 spiro atoms. The van der Waals surface area contributed by atoms with Crippen LogP contribution in [0.25, 0.3) is 0 Å². The average Bonchev–Trinajstić information content (AvgIpc) is 2.64. The summed E-state index contributed by atoms with van der Waals surface area (Å²) in [6.45, 7) is 1.96. The van der Waals surface area contributed by atoms with Crippen LogP contribution in [-0.2, 0) is 7.05 Å². The Morgan fingerprint density at radius 1 is 1.54 bits per heavy atom. The van der Waals surface area contributed by atoms with E-state index in [9.17, 15) is 0 Å². The van der Waals surface area contributed by atoms with Crippen molar-refractivity contribution in [2.45, 2.75) is 6.92 Å². The number of imidazole rings is 1. The minimum Gasteiger partial charge on any atom is -0.328 e. The van der Waals surface area contributed by atoms with Gasteiger partial charge < -0.3 is 10.3 Å². The van der Waals surface area contributed by atoms with E-state index in [0.29, 0.717) is 0 Å². The topological polar surface area (TPSA) is 58.5 Å². The molecule has 2 aromatic rings. The minimum absolute atomic E-state index is 0.737. The molecular weight excluding hydrogens is 166 g/mol. The van der Waals surface area contributed by atoms with E-state index in [0.717, 1.165) is 17.5 Å². The van der Waals surface area contributed by atoms with Crippen LogP contribution >= 0.6 is 0 Å². The van der Waals surface area contributed by atoms with E-state index in [4.69, 9.17) is 0 Å². The number of hydrogen-bond acceptors (Lipinski definition) is 3. The van der Waals surface area contributed by atoms with Gasteiger partial charge in [-0.2, -0.15) is 5.10 Å². The highest BCUT2D eigenvalue weighted by Crippen LogP contribution is 2.10. The maximum Gasteiger partial charge on any atom is 0.205 e. The molecule has 5 heteroatoms. The highest BCUT2D eigenvalue weighted by molar-refractivity contribution is 5.47. The van der Waals surface area contributed by atoms with Gasteiger partial charge in [-0.3, -0.25) is 4.68 Å². The van der Waals surface area contributed by atoms with Crippen LogP contribution in [0.5, 0.6) is 0 Å². The van der Waals surface area contributed by atoms with Gasteiger partial charge in [0.1, 0.15) is 5.82 Å². The lowest BCUT2D eigenvalue weighted by atomic mass is 10.6. The van der Waals surface area contributed by atoms with Crippen molar-refractivity contribution < 1.29 is 0 Å². The van der Waals surface area contributed by atoms with Gasteiger partial charge in [0.2, 0.25) is 5.95 Å². The molecule has 0 radical (unpaired) electrons. The summed E-state index contributed by atoms with van der Waals surface area (Å²) in [5.41, 5.74) is 1.03. The first-order chi connectivity index (χ1) is 6.25. The van der Waals surface area contributed by atoms with Crippen molar-refractivity contribution in [3.63, 3.8) is 0 Å². The van der Waals surface area contributed by atoms with E-state index in [1.807, 2.05) is 20.0 Å². The third-order valence-electron chi connectivity index (χ3n) is 1.77. The summed E-state index contributed by atoms with van der Waals surface area (Å²) in [4.78, 5) is 7.20. The lowest BCUT2D eigenvalue weighted by molar-refractivity contribution is 0.775. The van der Waals surface area contributed by atoms with Crippen molar-refractivity contribution in [3.8, 4) is 0 Å². The molecule has 0 saturated carbocycles. The molecule has 0 bridgehead atoms. The Balaban J connectivity index is 2.19. The molecular formula is C8H11N5. The lowest BCUT2D eigenvalue weighted by Crippen LogP contribution is -1.99. The van der Waals surface area contributed by atoms with Crippen LogP contribution in [0.4, 0.5) is 11.8 Å². The van der Waals surface area contributed by atoms with Gasteiger partial charge in [0.15, 0.2) is 0 Å². The lowest BCUT2D eigenvalue weighted by Gasteiger charge is -2.01. The zero-order valence-electron chi connectivity index (χ0n) is 7.57. The van der Waals surface area contributed by atoms with Gasteiger partial charge in [0.05, 0.1) is 6.20 Å². The summed E-state index contributed by atoms with van der Waals surface area (Å²) in [7, 11) is 1.87. The van der Waals surface area contributed by atoms with Gasteiger partial charge in [-0.05, 0) is 6.92 Å². The van der Waals surface area contributed by atoms with E-state index >= 15 is 0 Å². The molecule has 0 saturated heterocycles. The molecule has 0 aliphatic rings. The second-order valence-electron chi connectivity index (χ2n) is 2.88. The van der Waals surface area contributed by atoms with Crippen molar-refractivity contribution in [1.29, 1.82) is 0 Å². The molecule has 2 aromatic heterocycles. The van der Waals surface area contributed by atoms with E-state index in [1.165, 1.54) is 0 Å². The number of rotatable bonds is 2. The van der Waals surface area contributed by atoms with Crippen molar-refractivity contribution in [2.75, 3.05) is 5.32 Å². The van der Waals surface area contributed by atoms with Crippen LogP contribution in [0.15, 0.2) is 18.5 Å². The largest absolute Gasteiger partial charge is 0.328 e. The van der Waals surface area contributed by atoms with Crippen molar-refractivity contribution in [2.24, 2.45) is 7.05 Å². The highest BCUT2D eigenvalue weighted by Gasteiger charge is 2.00. The summed E-state index contributed by atoms with van der Waals surface area (Å²) in [5, 5.41) is 7.14. The third kappa shape index (κ3) is 1.53. The number of nitrogens with one attached hydrogen (secondary N) is 2. The fourth-order valence-electron chi connectivity index (χ4n) is 1.09. The Hall–Kier alpha value is -1.78. The number of hydrogen-bond donors (Lipinski definition) is 2. The maximum atomic E-state index is 4.12. The molecule has 5 nitrogen and oxygen atoms in total. The van der Waals surface area contributed by atoms with Crippen molar-refractivity contribution in [3.05, 3.63) is 24.2 Å². The van der Waals surface area contributed by atoms with Crippen LogP contribution < -0.4 is 5.32 Å². The molecule has 0 unspecified atom stereocenters. The zero-order valence-corrected chi connectivity index (χ0v) is 7.57. The summed E-state index contributed by atoms with van der Waals surface area (Å²) in [5.74, 6) is 1.65. The summed E-state index contributed by atoms with van der Waals surface area (Å²) >= 11 is 0. The monoisotopic (exact) mass is 177 g/mol. The Labute approximate surface area is 75.8 Å². The molecule has 2 N–H and O–H groups in total. The Morgan fingerprint density at radius 2 is 2.38 bits per heavy atom. The van der Waals surface area contributed by atoms with E-state index in [-0.39, 0.29) is 0 Å². The second kappa shape index (κ2) is 2.93. The standard InChI is InChI=1S/C8H11N5/c1-6-5-9-8(11-6)12-7-3-4-10-13(7)2/h3-5H,1-2H3,(H2,9,11,12). The fourth-order valence-corrected chi connectivity index (χ4v) is 1.09. The SMILES string of the molecule is Cc1cnc(Nc2ccnn2C)[nH]1. The van der Waals surface area contributed by atoms with Crippen LogP contribution in [0.3, 0.4) is 0 Å². The minimum atomic E-state index is 0.737. The Bertz CT molecular complexity index is 400. The fraction of sp³-hybridized carbons (Fsp3) is 0.250. The molecule has 0 aromatic carbocycles. The smallest absolute Gasteiger partial charge is 0.205 e. The summed E-state index contributed by atoms with van der Waals surface area (Å²) in [6, 6.07) is 1.89. The number of nitrogens with zero attached hydrogens (tertiary/aromatic N) is 3. The van der Waals surface area contributed by atoms with Gasteiger partial charge in [0, 0.05) is 25.0 Å². The maximum absolute atomic E-state index is 4.12. The van der Waals surface area contributed by atoms with Gasteiger partial charge >= 0.3 is 0 Å². The Morgan fingerprint density at radius 3 is 2.92 bits per heavy atom. The molecule has 2 rings (SSSR count). The normalized spacial score (nSPS) is 10.3. The number of anilines is 2. The number of aryl methyl sites for hydroxylation is 2. The second-order valence-corrected chi connectivity index (χ2v) is 2.88.